The number of nitrogens with zero attached hydrogens (tertiary/aromatic N) is 1. The molecule has 0 radical (unpaired) electrons. The summed E-state index contributed by atoms with van der Waals surface area (Å²) in [5.74, 6) is 0.958. The van der Waals surface area contributed by atoms with E-state index in [4.69, 9.17) is 16.0 Å². The third-order valence-corrected chi connectivity index (χ3v) is 4.47. The van der Waals surface area contributed by atoms with Crippen LogP contribution in [0.4, 0.5) is 0 Å². The summed E-state index contributed by atoms with van der Waals surface area (Å²) in [5, 5.41) is 5.40. The lowest BCUT2D eigenvalue weighted by Gasteiger charge is -2.39. The molecule has 0 aliphatic rings. The van der Waals surface area contributed by atoms with Gasteiger partial charge in [-0.2, -0.15) is 0 Å². The van der Waals surface area contributed by atoms with E-state index >= 15 is 0 Å². The average molecular weight is 309 g/mol. The van der Waals surface area contributed by atoms with Crippen LogP contribution in [-0.2, 0) is 0 Å². The average Bonchev–Trinajstić information content (AvgIpc) is 2.81. The van der Waals surface area contributed by atoms with E-state index < -0.39 is 0 Å². The van der Waals surface area contributed by atoms with Crippen LogP contribution < -0.4 is 5.32 Å². The Bertz CT molecular complexity index is 604. The summed E-state index contributed by atoms with van der Waals surface area (Å²) in [5.41, 5.74) is 0.819. The Labute approximate surface area is 132 Å². The molecule has 0 spiro atoms. The molecule has 0 fully saturated rings. The van der Waals surface area contributed by atoms with Gasteiger partial charge in [-0.1, -0.05) is 18.5 Å². The second-order valence-corrected chi connectivity index (χ2v) is 6.70. The molecule has 1 atom stereocenters. The fraction of sp³-hybridized carbons (Fsp3) is 0.529. The van der Waals surface area contributed by atoms with Crippen molar-refractivity contribution in [3.05, 3.63) is 35.0 Å². The first-order chi connectivity index (χ1) is 9.86. The molecule has 4 heteroatoms. The lowest BCUT2D eigenvalue weighted by Crippen LogP contribution is -2.49. The van der Waals surface area contributed by atoms with Gasteiger partial charge in [0.15, 0.2) is 0 Å². The third-order valence-electron chi connectivity index (χ3n) is 4.24. The summed E-state index contributed by atoms with van der Waals surface area (Å²) in [4.78, 5) is 2.22. The minimum Gasteiger partial charge on any atom is -0.459 e. The number of halogens is 1. The van der Waals surface area contributed by atoms with Crippen molar-refractivity contribution in [1.82, 2.24) is 10.2 Å². The van der Waals surface area contributed by atoms with Crippen molar-refractivity contribution < 1.29 is 4.42 Å². The summed E-state index contributed by atoms with van der Waals surface area (Å²) in [7, 11) is 4.19. The number of fused-ring (bicyclic) bond motifs is 1. The number of rotatable bonds is 6. The van der Waals surface area contributed by atoms with Crippen LogP contribution in [0.15, 0.2) is 28.7 Å². The predicted molar refractivity (Wildman–Crippen MR) is 90.0 cm³/mol. The van der Waals surface area contributed by atoms with E-state index in [0.717, 1.165) is 34.7 Å². The quantitative estimate of drug-likeness (QED) is 0.853. The largest absolute Gasteiger partial charge is 0.459 e. The first-order valence-corrected chi connectivity index (χ1v) is 7.84. The van der Waals surface area contributed by atoms with Crippen LogP contribution in [0.5, 0.6) is 0 Å². The van der Waals surface area contributed by atoms with Crippen LogP contribution in [0.25, 0.3) is 11.0 Å². The van der Waals surface area contributed by atoms with Gasteiger partial charge in [-0.15, -0.1) is 0 Å². The standard InChI is InChI=1S/C17H25ClN2O/c1-6-9-19-16(17(2,3)20(4)5)15-11-12-10-13(18)7-8-14(12)21-15/h7-8,10-11,16,19H,6,9H2,1-5H3. The van der Waals surface area contributed by atoms with Crippen LogP contribution in [-0.4, -0.2) is 31.1 Å². The van der Waals surface area contributed by atoms with E-state index in [1.807, 2.05) is 18.2 Å². The zero-order valence-electron chi connectivity index (χ0n) is 13.5. The molecule has 116 valence electrons. The molecule has 2 rings (SSSR count). The number of benzene rings is 1. The lowest BCUT2D eigenvalue weighted by atomic mass is 9.91. The molecule has 0 amide bonds. The van der Waals surface area contributed by atoms with Gasteiger partial charge in [0, 0.05) is 15.9 Å². The Morgan fingerprint density at radius 3 is 2.62 bits per heavy atom. The van der Waals surface area contributed by atoms with Crippen LogP contribution >= 0.6 is 11.6 Å². The molecule has 3 nitrogen and oxygen atoms in total. The normalized spacial score (nSPS) is 14.0. The number of hydrogen-bond donors (Lipinski definition) is 1. The van der Waals surface area contributed by atoms with Crippen molar-refractivity contribution >= 4 is 22.6 Å². The van der Waals surface area contributed by atoms with Crippen LogP contribution in [0.3, 0.4) is 0 Å². The van der Waals surface area contributed by atoms with E-state index in [0.29, 0.717) is 0 Å². The van der Waals surface area contributed by atoms with Gasteiger partial charge < -0.3 is 14.6 Å². The van der Waals surface area contributed by atoms with Gasteiger partial charge in [0.05, 0.1) is 6.04 Å². The lowest BCUT2D eigenvalue weighted by molar-refractivity contribution is 0.126. The van der Waals surface area contributed by atoms with Gasteiger partial charge in [-0.25, -0.2) is 0 Å². The zero-order valence-corrected chi connectivity index (χ0v) is 14.3. The fourth-order valence-corrected chi connectivity index (χ4v) is 2.60. The molecule has 2 aromatic rings. The van der Waals surface area contributed by atoms with E-state index in [1.165, 1.54) is 0 Å². The van der Waals surface area contributed by atoms with Crippen molar-refractivity contribution in [2.24, 2.45) is 0 Å². The predicted octanol–water partition coefficient (Wildman–Crippen LogP) is 4.47. The molecule has 0 aliphatic heterocycles. The molecule has 1 unspecified atom stereocenters. The fourth-order valence-electron chi connectivity index (χ4n) is 2.42. The molecule has 1 aromatic heterocycles. The summed E-state index contributed by atoms with van der Waals surface area (Å²) < 4.78 is 6.07. The van der Waals surface area contributed by atoms with Crippen LogP contribution in [0.1, 0.15) is 39.0 Å². The Hall–Kier alpha value is -1.03. The molecular weight excluding hydrogens is 284 g/mol. The second kappa shape index (κ2) is 6.39. The highest BCUT2D eigenvalue weighted by atomic mass is 35.5. The van der Waals surface area contributed by atoms with E-state index in [2.05, 4.69) is 51.1 Å². The molecule has 0 aliphatic carbocycles. The maximum absolute atomic E-state index is 6.07. The Morgan fingerprint density at radius 2 is 2.00 bits per heavy atom. The third kappa shape index (κ3) is 3.42. The van der Waals surface area contributed by atoms with Gasteiger partial charge in [0.1, 0.15) is 11.3 Å². The minimum absolute atomic E-state index is 0.0627. The monoisotopic (exact) mass is 308 g/mol. The van der Waals surface area contributed by atoms with Gasteiger partial charge in [0.2, 0.25) is 0 Å². The Morgan fingerprint density at radius 1 is 1.29 bits per heavy atom. The number of likely N-dealkylation sites (N-methyl/N-ethyl adjacent to an activating group) is 1. The smallest absolute Gasteiger partial charge is 0.134 e. The Balaban J connectivity index is 2.42. The molecule has 1 heterocycles. The Kier molecular flexibility index (Phi) is 4.97. The highest BCUT2D eigenvalue weighted by molar-refractivity contribution is 6.31. The molecular formula is C17H25ClN2O. The highest BCUT2D eigenvalue weighted by Gasteiger charge is 2.34. The molecule has 1 aromatic carbocycles. The maximum Gasteiger partial charge on any atom is 0.134 e. The topological polar surface area (TPSA) is 28.4 Å². The van der Waals surface area contributed by atoms with Crippen molar-refractivity contribution in [3.63, 3.8) is 0 Å². The first-order valence-electron chi connectivity index (χ1n) is 7.46. The number of furan rings is 1. The molecule has 1 N–H and O–H groups in total. The molecule has 0 saturated carbocycles. The SMILES string of the molecule is CCCNC(c1cc2cc(Cl)ccc2o1)C(C)(C)N(C)C. The van der Waals surface area contributed by atoms with Crippen molar-refractivity contribution in [2.45, 2.75) is 38.8 Å². The van der Waals surface area contributed by atoms with Crippen LogP contribution in [0.2, 0.25) is 5.02 Å². The van der Waals surface area contributed by atoms with Gasteiger partial charge in [0.25, 0.3) is 0 Å². The van der Waals surface area contributed by atoms with E-state index in [1.54, 1.807) is 0 Å². The van der Waals surface area contributed by atoms with Crippen LogP contribution in [0, 0.1) is 0 Å². The molecule has 21 heavy (non-hydrogen) atoms. The maximum atomic E-state index is 6.07. The number of nitrogens with one attached hydrogen (secondary N) is 1. The second-order valence-electron chi connectivity index (χ2n) is 6.27. The minimum atomic E-state index is -0.0627. The van der Waals surface area contributed by atoms with Crippen molar-refractivity contribution in [2.75, 3.05) is 20.6 Å². The van der Waals surface area contributed by atoms with Crippen molar-refractivity contribution in [1.29, 1.82) is 0 Å². The summed E-state index contributed by atoms with van der Waals surface area (Å²) in [6.07, 6.45) is 1.09. The molecule has 0 bridgehead atoms. The molecule has 0 saturated heterocycles. The van der Waals surface area contributed by atoms with Gasteiger partial charge >= 0.3 is 0 Å². The van der Waals surface area contributed by atoms with Crippen molar-refractivity contribution in [3.8, 4) is 0 Å². The number of hydrogen-bond acceptors (Lipinski definition) is 3. The summed E-state index contributed by atoms with van der Waals surface area (Å²) in [6, 6.07) is 7.96. The van der Waals surface area contributed by atoms with Gasteiger partial charge in [-0.3, -0.25) is 0 Å². The first kappa shape index (κ1) is 16.3. The van der Waals surface area contributed by atoms with E-state index in [-0.39, 0.29) is 11.6 Å². The van der Waals surface area contributed by atoms with E-state index in [9.17, 15) is 0 Å². The summed E-state index contributed by atoms with van der Waals surface area (Å²) >= 11 is 6.07. The summed E-state index contributed by atoms with van der Waals surface area (Å²) in [6.45, 7) is 7.58. The zero-order chi connectivity index (χ0) is 15.6. The van der Waals surface area contributed by atoms with Gasteiger partial charge in [-0.05, 0) is 65.2 Å². The highest BCUT2D eigenvalue weighted by Crippen LogP contribution is 2.34.